The van der Waals surface area contributed by atoms with E-state index in [1.807, 2.05) is 0 Å². The van der Waals surface area contributed by atoms with Crippen molar-refractivity contribution >= 4 is 28.4 Å². The first-order valence-corrected chi connectivity index (χ1v) is 7.76. The van der Waals surface area contributed by atoms with Crippen molar-refractivity contribution in [3.8, 4) is 0 Å². The van der Waals surface area contributed by atoms with Gasteiger partial charge in [0.05, 0.1) is 0 Å². The topological polar surface area (TPSA) is 43.1 Å². The van der Waals surface area contributed by atoms with Gasteiger partial charge in [0.2, 0.25) is 0 Å². The Hall–Kier alpha value is -0.420. The van der Waals surface area contributed by atoms with E-state index in [0.29, 0.717) is 24.0 Å². The van der Waals surface area contributed by atoms with Gasteiger partial charge in [-0.1, -0.05) is 12.1 Å². The number of halogens is 1. The summed E-state index contributed by atoms with van der Waals surface area (Å²) in [6, 6.07) is 8.35. The summed E-state index contributed by atoms with van der Waals surface area (Å²) >= 11 is 2.28. The molecule has 2 saturated carbocycles. The predicted octanol–water partition coefficient (Wildman–Crippen LogP) is 2.78. The van der Waals surface area contributed by atoms with Crippen LogP contribution in [0.1, 0.15) is 24.8 Å². The molecule has 1 aromatic rings. The van der Waals surface area contributed by atoms with Crippen LogP contribution in [0.15, 0.2) is 24.3 Å². The highest BCUT2D eigenvalue weighted by atomic mass is 127. The molecule has 2 fully saturated rings. The number of carbonyl (C=O) groups excluding carboxylic acids is 1. The number of rotatable bonds is 3. The van der Waals surface area contributed by atoms with Crippen molar-refractivity contribution in [1.82, 2.24) is 0 Å². The van der Waals surface area contributed by atoms with Crippen LogP contribution in [0.4, 0.5) is 0 Å². The number of fused-ring (bicyclic) bond motifs is 2. The van der Waals surface area contributed by atoms with Crippen LogP contribution in [0.5, 0.6) is 0 Å². The van der Waals surface area contributed by atoms with Gasteiger partial charge in [-0.25, -0.2) is 0 Å². The van der Waals surface area contributed by atoms with Gasteiger partial charge < -0.3 is 5.73 Å². The van der Waals surface area contributed by atoms with E-state index in [1.54, 1.807) is 0 Å². The van der Waals surface area contributed by atoms with Crippen LogP contribution in [0.3, 0.4) is 0 Å². The third-order valence-electron chi connectivity index (χ3n) is 4.64. The Morgan fingerprint density at radius 3 is 2.50 bits per heavy atom. The van der Waals surface area contributed by atoms with Gasteiger partial charge in [0.1, 0.15) is 5.78 Å². The maximum Gasteiger partial charge on any atom is 0.142 e. The van der Waals surface area contributed by atoms with Gasteiger partial charge >= 0.3 is 0 Å². The van der Waals surface area contributed by atoms with E-state index in [-0.39, 0.29) is 12.0 Å². The van der Waals surface area contributed by atoms with Crippen LogP contribution in [-0.4, -0.2) is 11.8 Å². The van der Waals surface area contributed by atoms with Gasteiger partial charge in [-0.2, -0.15) is 0 Å². The van der Waals surface area contributed by atoms with E-state index < -0.39 is 0 Å². The molecule has 0 radical (unpaired) electrons. The number of hydrogen-bond donors (Lipinski definition) is 1. The molecule has 2 aliphatic rings. The summed E-state index contributed by atoms with van der Waals surface area (Å²) in [5, 5.41) is 0. The third kappa shape index (κ3) is 2.23. The van der Waals surface area contributed by atoms with Crippen LogP contribution in [-0.2, 0) is 11.2 Å². The number of carbonyl (C=O) groups is 1. The number of benzene rings is 1. The summed E-state index contributed by atoms with van der Waals surface area (Å²) in [5.41, 5.74) is 7.34. The Labute approximate surface area is 121 Å². The summed E-state index contributed by atoms with van der Waals surface area (Å²) in [6.45, 7) is 0. The van der Waals surface area contributed by atoms with Crippen molar-refractivity contribution in [1.29, 1.82) is 0 Å². The Morgan fingerprint density at radius 1 is 1.22 bits per heavy atom. The zero-order valence-electron chi connectivity index (χ0n) is 10.3. The Kier molecular flexibility index (Phi) is 3.45. The molecule has 0 aromatic heterocycles. The van der Waals surface area contributed by atoms with Gasteiger partial charge in [0.25, 0.3) is 0 Å². The second-order valence-electron chi connectivity index (χ2n) is 5.71. The van der Waals surface area contributed by atoms with Gasteiger partial charge in [-0.15, -0.1) is 0 Å². The van der Waals surface area contributed by atoms with Crippen molar-refractivity contribution in [2.45, 2.75) is 31.7 Å². The van der Waals surface area contributed by atoms with Gasteiger partial charge in [0, 0.05) is 22.0 Å². The van der Waals surface area contributed by atoms with Crippen molar-refractivity contribution < 1.29 is 4.79 Å². The highest BCUT2D eigenvalue weighted by Gasteiger charge is 2.48. The molecule has 1 aromatic carbocycles. The second-order valence-corrected chi connectivity index (χ2v) is 6.95. The quantitative estimate of drug-likeness (QED) is 0.848. The zero-order valence-corrected chi connectivity index (χ0v) is 12.5. The number of Topliss-reactive ketones (excluding diaryl/α,β-unsaturated/α-hetero) is 1. The molecule has 3 heteroatoms. The van der Waals surface area contributed by atoms with Gasteiger partial charge in [-0.3, -0.25) is 4.79 Å². The van der Waals surface area contributed by atoms with Crippen molar-refractivity contribution in [3.63, 3.8) is 0 Å². The monoisotopic (exact) mass is 355 g/mol. The maximum absolute atomic E-state index is 12.4. The highest BCUT2D eigenvalue weighted by Crippen LogP contribution is 2.48. The minimum absolute atomic E-state index is 0.125. The zero-order chi connectivity index (χ0) is 12.7. The smallest absolute Gasteiger partial charge is 0.142 e. The van der Waals surface area contributed by atoms with Crippen LogP contribution in [0.2, 0.25) is 0 Å². The average Bonchev–Trinajstić information content (AvgIpc) is 2.92. The van der Waals surface area contributed by atoms with Crippen molar-refractivity contribution in [3.05, 3.63) is 33.4 Å². The lowest BCUT2D eigenvalue weighted by Crippen LogP contribution is -2.40. The van der Waals surface area contributed by atoms with E-state index in [0.717, 1.165) is 5.56 Å². The highest BCUT2D eigenvalue weighted by molar-refractivity contribution is 14.1. The SMILES string of the molecule is NC1C2CCC(C2)C1C(=O)Cc1ccc(I)cc1. The minimum Gasteiger partial charge on any atom is -0.327 e. The Balaban J connectivity index is 1.70. The summed E-state index contributed by atoms with van der Waals surface area (Å²) < 4.78 is 1.21. The van der Waals surface area contributed by atoms with E-state index in [9.17, 15) is 4.79 Å². The first-order valence-electron chi connectivity index (χ1n) is 6.68. The van der Waals surface area contributed by atoms with Gasteiger partial charge in [0.15, 0.2) is 0 Å². The molecule has 2 bridgehead atoms. The summed E-state index contributed by atoms with van der Waals surface area (Å²) in [6.07, 6.45) is 4.18. The first kappa shape index (κ1) is 12.6. The van der Waals surface area contributed by atoms with Crippen LogP contribution >= 0.6 is 22.6 Å². The minimum atomic E-state index is 0.125. The summed E-state index contributed by atoms with van der Waals surface area (Å²) in [5.74, 6) is 1.67. The molecule has 2 N–H and O–H groups in total. The fraction of sp³-hybridized carbons (Fsp3) is 0.533. The Bertz CT molecular complexity index is 454. The van der Waals surface area contributed by atoms with E-state index in [1.165, 1.54) is 22.8 Å². The average molecular weight is 355 g/mol. The van der Waals surface area contributed by atoms with Crippen LogP contribution in [0.25, 0.3) is 0 Å². The van der Waals surface area contributed by atoms with E-state index in [2.05, 4.69) is 46.9 Å². The first-order chi connectivity index (χ1) is 8.65. The molecule has 2 nitrogen and oxygen atoms in total. The molecule has 4 atom stereocenters. The largest absolute Gasteiger partial charge is 0.327 e. The second kappa shape index (κ2) is 4.93. The van der Waals surface area contributed by atoms with E-state index in [4.69, 9.17) is 5.73 Å². The normalized spacial score (nSPS) is 33.9. The maximum atomic E-state index is 12.4. The third-order valence-corrected chi connectivity index (χ3v) is 5.36. The number of nitrogens with two attached hydrogens (primary N) is 1. The molecule has 4 unspecified atom stereocenters. The van der Waals surface area contributed by atoms with Crippen LogP contribution < -0.4 is 5.73 Å². The molecular formula is C15H18INO. The molecule has 0 spiro atoms. The van der Waals surface area contributed by atoms with Crippen molar-refractivity contribution in [2.24, 2.45) is 23.5 Å². The molecule has 18 heavy (non-hydrogen) atoms. The lowest BCUT2D eigenvalue weighted by molar-refractivity contribution is -0.124. The van der Waals surface area contributed by atoms with Crippen LogP contribution in [0, 0.1) is 21.3 Å². The molecule has 0 heterocycles. The molecule has 96 valence electrons. The molecule has 3 rings (SSSR count). The molecular weight excluding hydrogens is 337 g/mol. The number of ketones is 1. The van der Waals surface area contributed by atoms with E-state index >= 15 is 0 Å². The lowest BCUT2D eigenvalue weighted by Gasteiger charge is -2.26. The fourth-order valence-electron chi connectivity index (χ4n) is 3.73. The van der Waals surface area contributed by atoms with Gasteiger partial charge in [-0.05, 0) is 71.4 Å². The lowest BCUT2D eigenvalue weighted by atomic mass is 9.80. The Morgan fingerprint density at radius 2 is 1.89 bits per heavy atom. The molecule has 0 amide bonds. The number of hydrogen-bond acceptors (Lipinski definition) is 2. The van der Waals surface area contributed by atoms with Crippen molar-refractivity contribution in [2.75, 3.05) is 0 Å². The molecule has 2 aliphatic carbocycles. The fourth-order valence-corrected chi connectivity index (χ4v) is 4.09. The predicted molar refractivity (Wildman–Crippen MR) is 80.2 cm³/mol. The standard InChI is InChI=1S/C15H18INO/c16-12-5-1-9(2-6-12)7-13(18)14-10-3-4-11(8-10)15(14)17/h1-2,5-6,10-11,14-15H,3-4,7-8,17H2. The summed E-state index contributed by atoms with van der Waals surface area (Å²) in [4.78, 5) is 12.4. The summed E-state index contributed by atoms with van der Waals surface area (Å²) in [7, 11) is 0. The molecule has 0 saturated heterocycles. The molecule has 0 aliphatic heterocycles.